The second-order valence-corrected chi connectivity index (χ2v) is 7.79. The summed E-state index contributed by atoms with van der Waals surface area (Å²) in [5.41, 5.74) is 3.12. The van der Waals surface area contributed by atoms with Crippen LogP contribution in [0.15, 0.2) is 42.5 Å². The summed E-state index contributed by atoms with van der Waals surface area (Å²) < 4.78 is 5.02. The largest absolute Gasteiger partial charge is 0.467 e. The third-order valence-corrected chi connectivity index (χ3v) is 6.18. The molecule has 2 heterocycles. The molecule has 0 N–H and O–H groups in total. The van der Waals surface area contributed by atoms with Gasteiger partial charge >= 0.3 is 5.97 Å². The Kier molecular flexibility index (Phi) is 5.16. The number of ether oxygens (including phenoxy) is 1. The molecule has 146 valence electrons. The number of nitrogens with zero attached hydrogens (tertiary/aromatic N) is 2. The predicted molar refractivity (Wildman–Crippen MR) is 107 cm³/mol. The number of carbonyl (C=O) groups is 2. The van der Waals surface area contributed by atoms with Crippen LogP contribution in [0.25, 0.3) is 11.3 Å². The van der Waals surface area contributed by atoms with Gasteiger partial charge in [0.05, 0.1) is 24.1 Å². The summed E-state index contributed by atoms with van der Waals surface area (Å²) in [6.07, 6.45) is 5.01. The summed E-state index contributed by atoms with van der Waals surface area (Å²) in [4.78, 5) is 32.3. The highest BCUT2D eigenvalue weighted by Crippen LogP contribution is 2.41. The van der Waals surface area contributed by atoms with E-state index in [-0.39, 0.29) is 17.9 Å². The number of methoxy groups -OCH3 is 1. The Morgan fingerprint density at radius 3 is 2.54 bits per heavy atom. The van der Waals surface area contributed by atoms with Crippen LogP contribution in [0.4, 0.5) is 0 Å². The molecule has 5 nitrogen and oxygen atoms in total. The second-order valence-electron chi connectivity index (χ2n) is 7.79. The van der Waals surface area contributed by atoms with E-state index < -0.39 is 6.04 Å². The Balaban J connectivity index is 1.66. The van der Waals surface area contributed by atoms with Gasteiger partial charge in [-0.1, -0.05) is 43.2 Å². The van der Waals surface area contributed by atoms with Gasteiger partial charge in [0.25, 0.3) is 5.91 Å². The topological polar surface area (TPSA) is 59.5 Å². The average molecular weight is 378 g/mol. The molecule has 1 saturated heterocycles. The van der Waals surface area contributed by atoms with Crippen LogP contribution in [0.2, 0.25) is 0 Å². The molecular formula is C23H26N2O3. The molecule has 1 saturated carbocycles. The van der Waals surface area contributed by atoms with E-state index >= 15 is 0 Å². The summed E-state index contributed by atoms with van der Waals surface area (Å²) in [5.74, 6) is -0.0256. The van der Waals surface area contributed by atoms with Gasteiger partial charge in [-0.25, -0.2) is 4.79 Å². The summed E-state index contributed by atoms with van der Waals surface area (Å²) in [6, 6.07) is 13.3. The number of rotatable bonds is 3. The number of likely N-dealkylation sites (tertiary alicyclic amines) is 1. The molecule has 0 bridgehead atoms. The quantitative estimate of drug-likeness (QED) is 0.758. The van der Waals surface area contributed by atoms with Crippen molar-refractivity contribution in [2.24, 2.45) is 5.92 Å². The molecule has 4 rings (SSSR count). The zero-order chi connectivity index (χ0) is 19.7. The molecule has 0 unspecified atom stereocenters. The van der Waals surface area contributed by atoms with E-state index in [1.165, 1.54) is 13.5 Å². The number of hydrogen-bond acceptors (Lipinski definition) is 4. The molecule has 5 heteroatoms. The third-order valence-electron chi connectivity index (χ3n) is 6.18. The molecule has 3 atom stereocenters. The monoisotopic (exact) mass is 378 g/mol. The first-order valence-electron chi connectivity index (χ1n) is 10.0. The maximum absolute atomic E-state index is 13.5. The van der Waals surface area contributed by atoms with Crippen LogP contribution in [-0.2, 0) is 9.53 Å². The lowest BCUT2D eigenvalue weighted by Crippen LogP contribution is -2.46. The lowest BCUT2D eigenvalue weighted by atomic mass is 9.84. The highest BCUT2D eigenvalue weighted by molar-refractivity contribution is 5.98. The first-order valence-corrected chi connectivity index (χ1v) is 10.0. The standard InChI is InChI=1S/C23H26N2O3/c1-15-18(12-13-19(24-15)16-8-4-3-5-9-16)22(26)25-20-11-7-6-10-17(20)14-21(25)23(27)28-2/h3-5,8-9,12-13,17,20-21H,6-7,10-11,14H2,1-2H3/t17-,20+,21+/m1/s1. The highest BCUT2D eigenvalue weighted by Gasteiger charge is 2.48. The fourth-order valence-electron chi connectivity index (χ4n) is 4.79. The van der Waals surface area contributed by atoms with Crippen molar-refractivity contribution >= 4 is 11.9 Å². The lowest BCUT2D eigenvalue weighted by Gasteiger charge is -2.33. The molecule has 28 heavy (non-hydrogen) atoms. The van der Waals surface area contributed by atoms with Crippen molar-refractivity contribution in [3.63, 3.8) is 0 Å². The van der Waals surface area contributed by atoms with E-state index in [4.69, 9.17) is 4.74 Å². The Morgan fingerprint density at radius 2 is 1.82 bits per heavy atom. The number of benzene rings is 1. The SMILES string of the molecule is COC(=O)[C@@H]1C[C@H]2CCCC[C@@H]2N1C(=O)c1ccc(-c2ccccc2)nc1C. The fourth-order valence-corrected chi connectivity index (χ4v) is 4.79. The summed E-state index contributed by atoms with van der Waals surface area (Å²) in [6.45, 7) is 1.86. The van der Waals surface area contributed by atoms with Crippen LogP contribution in [-0.4, -0.2) is 41.0 Å². The van der Waals surface area contributed by atoms with Gasteiger partial charge in [-0.3, -0.25) is 9.78 Å². The fraction of sp³-hybridized carbons (Fsp3) is 0.435. The summed E-state index contributed by atoms with van der Waals surface area (Å²) in [7, 11) is 1.40. The van der Waals surface area contributed by atoms with E-state index in [0.717, 1.165) is 30.5 Å². The van der Waals surface area contributed by atoms with Crippen molar-refractivity contribution in [1.82, 2.24) is 9.88 Å². The number of carbonyl (C=O) groups excluding carboxylic acids is 2. The molecule has 1 aromatic heterocycles. The first kappa shape index (κ1) is 18.7. The zero-order valence-corrected chi connectivity index (χ0v) is 16.4. The van der Waals surface area contributed by atoms with E-state index in [9.17, 15) is 9.59 Å². The van der Waals surface area contributed by atoms with E-state index in [2.05, 4.69) is 4.98 Å². The molecule has 1 aliphatic carbocycles. The van der Waals surface area contributed by atoms with Gasteiger partial charge in [0.1, 0.15) is 6.04 Å². The third kappa shape index (κ3) is 3.30. The van der Waals surface area contributed by atoms with Gasteiger partial charge in [-0.05, 0) is 44.2 Å². The van der Waals surface area contributed by atoms with Gasteiger partial charge in [0, 0.05) is 11.6 Å². The van der Waals surface area contributed by atoms with E-state index in [1.54, 1.807) is 4.90 Å². The second kappa shape index (κ2) is 7.74. The van der Waals surface area contributed by atoms with Crippen LogP contribution in [0.5, 0.6) is 0 Å². The number of aryl methyl sites for hydroxylation is 1. The molecule has 1 amide bonds. The van der Waals surface area contributed by atoms with Crippen LogP contribution in [0, 0.1) is 12.8 Å². The molecule has 1 aromatic carbocycles. The minimum absolute atomic E-state index is 0.102. The molecule has 2 aromatic rings. The Labute approximate surface area is 165 Å². The highest BCUT2D eigenvalue weighted by atomic mass is 16.5. The molecule has 0 spiro atoms. The number of aromatic nitrogens is 1. The molecule has 0 radical (unpaired) electrons. The lowest BCUT2D eigenvalue weighted by molar-refractivity contribution is -0.145. The summed E-state index contributed by atoms with van der Waals surface area (Å²) >= 11 is 0. The summed E-state index contributed by atoms with van der Waals surface area (Å²) in [5, 5.41) is 0. The number of fused-ring (bicyclic) bond motifs is 1. The van der Waals surface area contributed by atoms with Crippen LogP contribution in [0.3, 0.4) is 0 Å². The number of pyridine rings is 1. The van der Waals surface area contributed by atoms with Gasteiger partial charge in [-0.15, -0.1) is 0 Å². The van der Waals surface area contributed by atoms with Gasteiger partial charge in [0.15, 0.2) is 0 Å². The van der Waals surface area contributed by atoms with Crippen LogP contribution >= 0.6 is 0 Å². The molecule has 2 fully saturated rings. The Morgan fingerprint density at radius 1 is 1.07 bits per heavy atom. The van der Waals surface area contributed by atoms with Crippen molar-refractivity contribution in [2.75, 3.05) is 7.11 Å². The van der Waals surface area contributed by atoms with Gasteiger partial charge < -0.3 is 9.64 Å². The van der Waals surface area contributed by atoms with Crippen molar-refractivity contribution in [3.8, 4) is 11.3 Å². The van der Waals surface area contributed by atoms with Crippen molar-refractivity contribution < 1.29 is 14.3 Å². The first-order chi connectivity index (χ1) is 13.6. The van der Waals surface area contributed by atoms with E-state index in [0.29, 0.717) is 23.6 Å². The number of amides is 1. The minimum Gasteiger partial charge on any atom is -0.467 e. The maximum atomic E-state index is 13.5. The van der Waals surface area contributed by atoms with Crippen molar-refractivity contribution in [2.45, 2.75) is 51.1 Å². The predicted octanol–water partition coefficient (Wildman–Crippen LogP) is 4.00. The normalized spacial score (nSPS) is 23.9. The maximum Gasteiger partial charge on any atom is 0.328 e. The number of hydrogen-bond donors (Lipinski definition) is 0. The average Bonchev–Trinajstić information content (AvgIpc) is 3.13. The van der Waals surface area contributed by atoms with Crippen molar-refractivity contribution in [1.29, 1.82) is 0 Å². The minimum atomic E-state index is -0.487. The Hall–Kier alpha value is -2.69. The van der Waals surface area contributed by atoms with Crippen molar-refractivity contribution in [3.05, 3.63) is 53.7 Å². The van der Waals surface area contributed by atoms with Gasteiger partial charge in [-0.2, -0.15) is 0 Å². The van der Waals surface area contributed by atoms with E-state index in [1.807, 2.05) is 49.4 Å². The molecule has 1 aliphatic heterocycles. The van der Waals surface area contributed by atoms with Gasteiger partial charge in [0.2, 0.25) is 0 Å². The molecular weight excluding hydrogens is 352 g/mol. The van der Waals surface area contributed by atoms with Crippen LogP contribution < -0.4 is 0 Å². The zero-order valence-electron chi connectivity index (χ0n) is 16.4. The van der Waals surface area contributed by atoms with Crippen LogP contribution in [0.1, 0.15) is 48.2 Å². The Bertz CT molecular complexity index is 881. The smallest absolute Gasteiger partial charge is 0.328 e. The molecule has 2 aliphatic rings. The number of esters is 1.